The molecule has 1 aliphatic heterocycles. The third-order valence-electron chi connectivity index (χ3n) is 4.27. The van der Waals surface area contributed by atoms with Crippen LogP contribution in [0, 0.1) is 17.5 Å². The fraction of sp³-hybridized carbons (Fsp3) is 0.353. The summed E-state index contributed by atoms with van der Waals surface area (Å²) in [6.45, 7) is 2.86. The predicted molar refractivity (Wildman–Crippen MR) is 97.4 cm³/mol. The van der Waals surface area contributed by atoms with Gasteiger partial charge in [0.15, 0.2) is 11.6 Å². The summed E-state index contributed by atoms with van der Waals surface area (Å²) in [5.41, 5.74) is 0.0117. The van der Waals surface area contributed by atoms with Gasteiger partial charge in [-0.25, -0.2) is 27.8 Å². The number of nitrogens with one attached hydrogen (secondary N) is 1. The van der Waals surface area contributed by atoms with Crippen LogP contribution in [0.25, 0.3) is 0 Å². The van der Waals surface area contributed by atoms with Crippen LogP contribution in [-0.2, 0) is 4.74 Å². The van der Waals surface area contributed by atoms with Crippen LogP contribution in [-0.4, -0.2) is 39.9 Å². The number of carbonyl (C=O) groups is 1. The van der Waals surface area contributed by atoms with Crippen LogP contribution >= 0.6 is 15.9 Å². The summed E-state index contributed by atoms with van der Waals surface area (Å²) in [5, 5.41) is 12.5. The number of rotatable bonds is 5. The molecule has 0 saturated carbocycles. The van der Waals surface area contributed by atoms with Crippen molar-refractivity contribution in [1.82, 2.24) is 9.97 Å². The molecule has 1 aliphatic rings. The number of aromatic nitrogens is 2. The van der Waals surface area contributed by atoms with E-state index < -0.39 is 41.7 Å². The topological polar surface area (TPSA) is 87.6 Å². The van der Waals surface area contributed by atoms with E-state index in [0.717, 1.165) is 23.2 Å². The molecule has 2 aromatic rings. The quantitative estimate of drug-likeness (QED) is 0.663. The van der Waals surface area contributed by atoms with E-state index in [1.807, 2.05) is 0 Å². The van der Waals surface area contributed by atoms with Crippen LogP contribution in [0.2, 0.25) is 0 Å². The number of cyclic esters (lactones) is 1. The number of hydrogen-bond donors (Lipinski definition) is 2. The lowest BCUT2D eigenvalue weighted by Crippen LogP contribution is -2.42. The van der Waals surface area contributed by atoms with Crippen molar-refractivity contribution in [2.45, 2.75) is 32.0 Å². The van der Waals surface area contributed by atoms with E-state index in [-0.39, 0.29) is 28.4 Å². The Morgan fingerprint density at radius 3 is 2.68 bits per heavy atom. The van der Waals surface area contributed by atoms with Crippen molar-refractivity contribution in [3.63, 3.8) is 0 Å². The lowest BCUT2D eigenvalue weighted by atomic mass is 10.1. The Morgan fingerprint density at radius 2 is 2.00 bits per heavy atom. The number of nitrogens with zero attached hydrogens (tertiary/aromatic N) is 3. The molecule has 150 valence electrons. The van der Waals surface area contributed by atoms with Crippen LogP contribution < -0.4 is 10.2 Å². The average Bonchev–Trinajstić information content (AvgIpc) is 3.01. The number of benzene rings is 1. The molecule has 0 bridgehead atoms. The Hall–Kier alpha value is -2.40. The molecule has 11 heteroatoms. The molecular weight excluding hydrogens is 445 g/mol. The summed E-state index contributed by atoms with van der Waals surface area (Å²) in [7, 11) is 0. The van der Waals surface area contributed by atoms with Gasteiger partial charge in [-0.3, -0.25) is 0 Å². The largest absolute Gasteiger partial charge is 0.447 e. The highest BCUT2D eigenvalue weighted by atomic mass is 79.9. The number of aliphatic hydroxyl groups is 1. The van der Waals surface area contributed by atoms with Crippen molar-refractivity contribution in [2.75, 3.05) is 16.8 Å². The zero-order valence-corrected chi connectivity index (χ0v) is 16.4. The van der Waals surface area contributed by atoms with Crippen molar-refractivity contribution in [2.24, 2.45) is 0 Å². The van der Waals surface area contributed by atoms with Crippen LogP contribution in [0.3, 0.4) is 0 Å². The van der Waals surface area contributed by atoms with Crippen LogP contribution in [0.4, 0.5) is 29.7 Å². The number of aliphatic hydroxyl groups excluding tert-OH is 1. The predicted octanol–water partition coefficient (Wildman–Crippen LogP) is 3.54. The van der Waals surface area contributed by atoms with Gasteiger partial charge in [0.05, 0.1) is 22.8 Å². The van der Waals surface area contributed by atoms with Gasteiger partial charge in [-0.15, -0.1) is 0 Å². The summed E-state index contributed by atoms with van der Waals surface area (Å²) >= 11 is 2.90. The Morgan fingerprint density at radius 1 is 1.29 bits per heavy atom. The number of ether oxygens (including phenoxy) is 1. The molecule has 3 atom stereocenters. The Kier molecular flexibility index (Phi) is 5.75. The van der Waals surface area contributed by atoms with Crippen LogP contribution in [0.5, 0.6) is 0 Å². The van der Waals surface area contributed by atoms with Crippen molar-refractivity contribution < 1.29 is 27.8 Å². The van der Waals surface area contributed by atoms with Gasteiger partial charge in [0.2, 0.25) is 5.95 Å². The maximum absolute atomic E-state index is 14.3. The van der Waals surface area contributed by atoms with Crippen molar-refractivity contribution in [3.05, 3.63) is 45.8 Å². The number of amides is 1. The average molecular weight is 461 g/mol. The van der Waals surface area contributed by atoms with E-state index in [9.17, 15) is 23.1 Å². The number of hydrogen-bond acceptors (Lipinski definition) is 6. The van der Waals surface area contributed by atoms with Gasteiger partial charge in [0, 0.05) is 5.56 Å². The van der Waals surface area contributed by atoms with Crippen molar-refractivity contribution >= 4 is 33.8 Å². The zero-order chi connectivity index (χ0) is 20.6. The summed E-state index contributed by atoms with van der Waals surface area (Å²) in [6, 6.07) is 0.426. The molecule has 1 amide bonds. The molecule has 2 heterocycles. The highest BCUT2D eigenvalue weighted by Gasteiger charge is 2.39. The van der Waals surface area contributed by atoms with Gasteiger partial charge in [0.1, 0.15) is 24.3 Å². The molecular formula is C17H16BrF3N4O3. The minimum absolute atomic E-state index is 0.0117. The van der Waals surface area contributed by atoms with Gasteiger partial charge in [-0.2, -0.15) is 4.98 Å². The van der Waals surface area contributed by atoms with Crippen molar-refractivity contribution in [1.29, 1.82) is 0 Å². The molecule has 1 saturated heterocycles. The third kappa shape index (κ3) is 3.90. The first-order valence-electron chi connectivity index (χ1n) is 8.26. The molecule has 1 aromatic carbocycles. The smallest absolute Gasteiger partial charge is 0.416 e. The minimum Gasteiger partial charge on any atom is -0.447 e. The zero-order valence-electron chi connectivity index (χ0n) is 14.8. The van der Waals surface area contributed by atoms with E-state index >= 15 is 0 Å². The number of anilines is 2. The molecule has 1 unspecified atom stereocenters. The SMILES string of the molecule is C[C@H](Nc1ncc(F)c(N2C(=O)OCC2[C@@H](C)O)n1)c1cc(F)c(Br)cc1F. The number of carbonyl (C=O) groups excluding carboxylic acids is 1. The minimum atomic E-state index is -0.990. The van der Waals surface area contributed by atoms with E-state index in [4.69, 9.17) is 4.74 Å². The second kappa shape index (κ2) is 7.92. The first kappa shape index (κ1) is 20.3. The highest BCUT2D eigenvalue weighted by molar-refractivity contribution is 9.10. The second-order valence-corrected chi connectivity index (χ2v) is 7.13. The van der Waals surface area contributed by atoms with Crippen LogP contribution in [0.1, 0.15) is 25.5 Å². The summed E-state index contributed by atoms with van der Waals surface area (Å²) in [6.07, 6.45) is -1.01. The van der Waals surface area contributed by atoms with E-state index in [2.05, 4.69) is 31.2 Å². The first-order valence-corrected chi connectivity index (χ1v) is 9.06. The van der Waals surface area contributed by atoms with Gasteiger partial charge in [-0.1, -0.05) is 0 Å². The summed E-state index contributed by atoms with van der Waals surface area (Å²) in [4.78, 5) is 20.6. The Labute approximate surface area is 166 Å². The first-order chi connectivity index (χ1) is 13.2. The fourth-order valence-corrected chi connectivity index (χ4v) is 3.09. The highest BCUT2D eigenvalue weighted by Crippen LogP contribution is 2.29. The molecule has 2 N–H and O–H groups in total. The number of halogens is 4. The van der Waals surface area contributed by atoms with E-state index in [1.165, 1.54) is 6.92 Å². The van der Waals surface area contributed by atoms with E-state index in [1.54, 1.807) is 6.92 Å². The second-order valence-electron chi connectivity index (χ2n) is 6.27. The lowest BCUT2D eigenvalue weighted by Gasteiger charge is -2.23. The van der Waals surface area contributed by atoms with Gasteiger partial charge in [-0.05, 0) is 41.9 Å². The lowest BCUT2D eigenvalue weighted by molar-refractivity contribution is 0.142. The molecule has 0 spiro atoms. The molecule has 0 radical (unpaired) electrons. The monoisotopic (exact) mass is 460 g/mol. The molecule has 0 aliphatic carbocycles. The third-order valence-corrected chi connectivity index (χ3v) is 4.88. The summed E-state index contributed by atoms with van der Waals surface area (Å²) < 4.78 is 47.0. The standard InChI is InChI=1S/C17H16BrF3N4O3/c1-7(9-3-12(20)10(18)4-11(9)19)23-16-22-5-13(21)15(24-16)25-14(8(2)26)6-28-17(25)27/h3-5,7-8,14,26H,6H2,1-2H3,(H,22,23,24)/t7-,8+,14?/m0/s1. The fourth-order valence-electron chi connectivity index (χ4n) is 2.77. The van der Waals surface area contributed by atoms with Gasteiger partial charge in [0.25, 0.3) is 0 Å². The maximum Gasteiger partial charge on any atom is 0.416 e. The maximum atomic E-state index is 14.3. The van der Waals surface area contributed by atoms with Crippen LogP contribution in [0.15, 0.2) is 22.8 Å². The van der Waals surface area contributed by atoms with E-state index in [0.29, 0.717) is 0 Å². The Balaban J connectivity index is 1.90. The molecule has 1 aromatic heterocycles. The Bertz CT molecular complexity index is 915. The summed E-state index contributed by atoms with van der Waals surface area (Å²) in [5.74, 6) is -2.71. The normalized spacial score (nSPS) is 18.8. The molecule has 1 fully saturated rings. The molecule has 3 rings (SSSR count). The molecule has 7 nitrogen and oxygen atoms in total. The molecule has 28 heavy (non-hydrogen) atoms. The van der Waals surface area contributed by atoms with Gasteiger partial charge < -0.3 is 15.2 Å². The van der Waals surface area contributed by atoms with Gasteiger partial charge >= 0.3 is 6.09 Å². The van der Waals surface area contributed by atoms with Crippen molar-refractivity contribution in [3.8, 4) is 0 Å².